The summed E-state index contributed by atoms with van der Waals surface area (Å²) in [5, 5.41) is 21.5. The summed E-state index contributed by atoms with van der Waals surface area (Å²) >= 11 is 0. The van der Waals surface area contributed by atoms with Crippen LogP contribution in [0.25, 0.3) is 0 Å². The smallest absolute Gasteiger partial charge is 0.336 e. The highest BCUT2D eigenvalue weighted by atomic mass is 19.3. The van der Waals surface area contributed by atoms with Crippen molar-refractivity contribution in [1.82, 2.24) is 0 Å². The first-order valence-corrected chi connectivity index (χ1v) is 5.48. The Balaban J connectivity index is 3.17. The second-order valence-electron chi connectivity index (χ2n) is 4.15. The maximum Gasteiger partial charge on any atom is 0.336 e. The molecule has 0 aliphatic carbocycles. The fraction of sp³-hybridized carbons (Fsp3) is 0.364. The van der Waals surface area contributed by atoms with Gasteiger partial charge in [0.25, 0.3) is 5.69 Å². The van der Waals surface area contributed by atoms with Gasteiger partial charge in [-0.05, 0) is 13.0 Å². The van der Waals surface area contributed by atoms with E-state index in [0.717, 1.165) is 12.1 Å². The van der Waals surface area contributed by atoms with Gasteiger partial charge in [-0.3, -0.25) is 10.1 Å². The lowest BCUT2D eigenvalue weighted by atomic mass is 10.1. The lowest BCUT2D eigenvalue weighted by Crippen LogP contribution is -2.35. The van der Waals surface area contributed by atoms with E-state index in [1.54, 1.807) is 0 Å². The topological polar surface area (TPSA) is 92.5 Å². The van der Waals surface area contributed by atoms with Crippen molar-refractivity contribution in [2.24, 2.45) is 0 Å². The number of hydrogen-bond donors (Lipinski definition) is 2. The highest BCUT2D eigenvalue weighted by Crippen LogP contribution is 2.30. The molecule has 1 aromatic carbocycles. The summed E-state index contributed by atoms with van der Waals surface area (Å²) < 4.78 is 49.7. The van der Waals surface area contributed by atoms with E-state index in [-0.39, 0.29) is 11.3 Å². The van der Waals surface area contributed by atoms with Gasteiger partial charge in [0, 0.05) is 17.3 Å². The van der Waals surface area contributed by atoms with Gasteiger partial charge in [0.15, 0.2) is 0 Å². The number of benzene rings is 1. The van der Waals surface area contributed by atoms with E-state index in [4.69, 9.17) is 5.11 Å². The highest BCUT2D eigenvalue weighted by Gasteiger charge is 2.40. The number of carboxylic acid groups (broad SMARTS) is 1. The largest absolute Gasteiger partial charge is 0.478 e. The summed E-state index contributed by atoms with van der Waals surface area (Å²) in [5.74, 6) is -5.86. The minimum atomic E-state index is -4.35. The Bertz CT molecular complexity index is 578. The zero-order valence-electron chi connectivity index (χ0n) is 10.6. The molecule has 0 aliphatic rings. The molecule has 6 nitrogen and oxygen atoms in total. The van der Waals surface area contributed by atoms with E-state index < -0.39 is 41.0 Å². The normalized spacial score (nSPS) is 11.5. The van der Waals surface area contributed by atoms with Crippen molar-refractivity contribution in [3.63, 3.8) is 0 Å². The molecule has 116 valence electrons. The number of rotatable bonds is 6. The predicted octanol–water partition coefficient (Wildman–Crippen LogP) is 2.91. The number of halogens is 4. The number of anilines is 1. The number of nitrogens with one attached hydrogen (secondary N) is 1. The molecule has 21 heavy (non-hydrogen) atoms. The maximum absolute atomic E-state index is 12.8. The van der Waals surface area contributed by atoms with Crippen LogP contribution in [0.15, 0.2) is 12.1 Å². The number of alkyl halides is 4. The fourth-order valence-electron chi connectivity index (χ4n) is 1.49. The van der Waals surface area contributed by atoms with Gasteiger partial charge in [-0.15, -0.1) is 0 Å². The second-order valence-corrected chi connectivity index (χ2v) is 4.15. The third-order valence-electron chi connectivity index (χ3n) is 2.66. The predicted molar refractivity (Wildman–Crippen MR) is 64.2 cm³/mol. The first-order chi connectivity index (χ1) is 9.56. The van der Waals surface area contributed by atoms with Crippen LogP contribution in [-0.2, 0) is 0 Å². The van der Waals surface area contributed by atoms with Crippen LogP contribution >= 0.6 is 0 Å². The monoisotopic (exact) mass is 310 g/mol. The number of carbonyl (C=O) groups is 1. The van der Waals surface area contributed by atoms with Crippen molar-refractivity contribution in [1.29, 1.82) is 0 Å². The van der Waals surface area contributed by atoms with Crippen molar-refractivity contribution in [3.8, 4) is 0 Å². The summed E-state index contributed by atoms with van der Waals surface area (Å²) in [5.41, 5.74) is -1.58. The van der Waals surface area contributed by atoms with Crippen LogP contribution in [0.2, 0.25) is 0 Å². The molecule has 0 saturated carbocycles. The lowest BCUT2D eigenvalue weighted by molar-refractivity contribution is -0.385. The van der Waals surface area contributed by atoms with Gasteiger partial charge < -0.3 is 10.4 Å². The van der Waals surface area contributed by atoms with Gasteiger partial charge in [0.1, 0.15) is 0 Å². The Morgan fingerprint density at radius 2 is 2.05 bits per heavy atom. The third-order valence-corrected chi connectivity index (χ3v) is 2.66. The van der Waals surface area contributed by atoms with Crippen LogP contribution in [0.3, 0.4) is 0 Å². The number of nitrogens with zero attached hydrogens (tertiary/aromatic N) is 1. The van der Waals surface area contributed by atoms with Gasteiger partial charge in [-0.25, -0.2) is 13.6 Å². The Morgan fingerprint density at radius 1 is 1.48 bits per heavy atom. The molecule has 0 fully saturated rings. The average Bonchev–Trinajstić information content (AvgIpc) is 2.36. The molecule has 0 aliphatic heterocycles. The maximum atomic E-state index is 12.8. The number of nitro benzene ring substituents is 1. The lowest BCUT2D eigenvalue weighted by Gasteiger charge is -2.18. The van der Waals surface area contributed by atoms with Crippen LogP contribution in [0.5, 0.6) is 0 Å². The zero-order chi connectivity index (χ0) is 16.4. The fourth-order valence-corrected chi connectivity index (χ4v) is 1.49. The van der Waals surface area contributed by atoms with Gasteiger partial charge in [0.2, 0.25) is 0 Å². The SMILES string of the molecule is Cc1c(NCC(F)(F)C(F)F)cc(C(=O)O)cc1[N+](=O)[O-]. The van der Waals surface area contributed by atoms with Gasteiger partial charge in [0.05, 0.1) is 17.0 Å². The molecular formula is C11H10F4N2O4. The van der Waals surface area contributed by atoms with Crippen LogP contribution in [0, 0.1) is 17.0 Å². The van der Waals surface area contributed by atoms with Crippen molar-refractivity contribution in [2.75, 3.05) is 11.9 Å². The second kappa shape index (κ2) is 5.94. The van der Waals surface area contributed by atoms with Crippen molar-refractivity contribution >= 4 is 17.3 Å². The molecule has 0 heterocycles. The average molecular weight is 310 g/mol. The van der Waals surface area contributed by atoms with Crippen LogP contribution in [0.1, 0.15) is 15.9 Å². The van der Waals surface area contributed by atoms with Crippen LogP contribution < -0.4 is 5.32 Å². The number of nitro groups is 1. The van der Waals surface area contributed by atoms with Gasteiger partial charge in [-0.2, -0.15) is 8.78 Å². The zero-order valence-corrected chi connectivity index (χ0v) is 10.6. The molecule has 1 aromatic rings. The highest BCUT2D eigenvalue weighted by molar-refractivity contribution is 5.90. The summed E-state index contributed by atoms with van der Waals surface area (Å²) in [4.78, 5) is 20.7. The molecule has 10 heteroatoms. The number of carboxylic acids is 1. The molecule has 1 rings (SSSR count). The molecule has 0 atom stereocenters. The summed E-state index contributed by atoms with van der Waals surface area (Å²) in [6.45, 7) is -0.293. The van der Waals surface area contributed by atoms with E-state index >= 15 is 0 Å². The first kappa shape index (κ1) is 16.7. The summed E-state index contributed by atoms with van der Waals surface area (Å²) in [6.07, 6.45) is -3.91. The van der Waals surface area contributed by atoms with Gasteiger partial charge in [-0.1, -0.05) is 0 Å². The van der Waals surface area contributed by atoms with Crippen molar-refractivity contribution in [2.45, 2.75) is 19.3 Å². The molecule has 0 spiro atoms. The molecule has 0 unspecified atom stereocenters. The van der Waals surface area contributed by atoms with Crippen LogP contribution in [-0.4, -0.2) is 34.9 Å². The van der Waals surface area contributed by atoms with E-state index in [2.05, 4.69) is 0 Å². The van der Waals surface area contributed by atoms with Crippen molar-refractivity contribution < 1.29 is 32.4 Å². The number of hydrogen-bond acceptors (Lipinski definition) is 4. The molecule has 0 bridgehead atoms. The van der Waals surface area contributed by atoms with Gasteiger partial charge >= 0.3 is 18.3 Å². The minimum Gasteiger partial charge on any atom is -0.478 e. The Hall–Kier alpha value is -2.39. The molecule has 2 N–H and O–H groups in total. The van der Waals surface area contributed by atoms with E-state index in [1.165, 1.54) is 6.92 Å². The summed E-state index contributed by atoms with van der Waals surface area (Å²) in [6, 6.07) is 1.63. The quantitative estimate of drug-likeness (QED) is 0.479. The third kappa shape index (κ3) is 3.80. The van der Waals surface area contributed by atoms with E-state index in [0.29, 0.717) is 0 Å². The van der Waals surface area contributed by atoms with Crippen LogP contribution in [0.4, 0.5) is 28.9 Å². The van der Waals surface area contributed by atoms with Crippen molar-refractivity contribution in [3.05, 3.63) is 33.4 Å². The molecule has 0 aromatic heterocycles. The molecule has 0 radical (unpaired) electrons. The number of aromatic carboxylic acids is 1. The Labute approximate surface area is 115 Å². The summed E-state index contributed by atoms with van der Waals surface area (Å²) in [7, 11) is 0. The molecular weight excluding hydrogens is 300 g/mol. The standard InChI is InChI=1S/C11H10F4N2O4/c1-5-7(16-4-11(14,15)10(12)13)2-6(9(18)19)3-8(5)17(20)21/h2-3,10,16H,4H2,1H3,(H,18,19). The van der Waals surface area contributed by atoms with E-state index in [9.17, 15) is 32.5 Å². The Morgan fingerprint density at radius 3 is 2.48 bits per heavy atom. The molecule has 0 saturated heterocycles. The van der Waals surface area contributed by atoms with E-state index in [1.807, 2.05) is 5.32 Å². The first-order valence-electron chi connectivity index (χ1n) is 5.48. The molecule has 0 amide bonds. The Kier molecular flexibility index (Phi) is 4.71. The minimum absolute atomic E-state index is 0.130.